The number of methoxy groups -OCH3 is 1. The van der Waals surface area contributed by atoms with Crippen molar-refractivity contribution in [2.45, 2.75) is 23.2 Å². The molecule has 4 rings (SSSR count). The Bertz CT molecular complexity index is 1410. The van der Waals surface area contributed by atoms with Crippen LogP contribution in [0, 0.1) is 0 Å². The molecule has 194 valence electrons. The van der Waals surface area contributed by atoms with Gasteiger partial charge in [0.05, 0.1) is 33.7 Å². The number of benzene rings is 3. The molecule has 0 aromatic heterocycles. The molecule has 1 aliphatic rings. The van der Waals surface area contributed by atoms with Gasteiger partial charge in [0.1, 0.15) is 0 Å². The third kappa shape index (κ3) is 5.26. The van der Waals surface area contributed by atoms with Gasteiger partial charge in [0.25, 0.3) is 15.9 Å². The summed E-state index contributed by atoms with van der Waals surface area (Å²) in [5.74, 6) is -0.740. The van der Waals surface area contributed by atoms with Crippen molar-refractivity contribution in [2.24, 2.45) is 0 Å². The van der Waals surface area contributed by atoms with Gasteiger partial charge >= 0.3 is 5.97 Å². The molecular formula is C27H26BrClN2O5S. The van der Waals surface area contributed by atoms with E-state index < -0.39 is 21.3 Å². The van der Waals surface area contributed by atoms with E-state index in [1.165, 1.54) is 32.4 Å². The van der Waals surface area contributed by atoms with Crippen LogP contribution in [-0.2, 0) is 25.0 Å². The molecule has 0 N–H and O–H groups in total. The molecule has 1 saturated heterocycles. The highest BCUT2D eigenvalue weighted by atomic mass is 79.9. The fourth-order valence-corrected chi connectivity index (χ4v) is 6.29. The number of esters is 1. The fourth-order valence-electron chi connectivity index (χ4n) is 4.60. The quantitative estimate of drug-likeness (QED) is 0.357. The summed E-state index contributed by atoms with van der Waals surface area (Å²) in [5.41, 5.74) is 0.538. The van der Waals surface area contributed by atoms with Crippen molar-refractivity contribution in [2.75, 3.05) is 31.6 Å². The molecule has 3 aromatic carbocycles. The smallest absolute Gasteiger partial charge is 0.316 e. The van der Waals surface area contributed by atoms with Gasteiger partial charge in [-0.2, -0.15) is 0 Å². The third-order valence-corrected chi connectivity index (χ3v) is 9.46. The molecule has 1 fully saturated rings. The van der Waals surface area contributed by atoms with Crippen molar-refractivity contribution in [3.8, 4) is 0 Å². The van der Waals surface area contributed by atoms with Crippen LogP contribution < -0.4 is 4.31 Å². The Labute approximate surface area is 230 Å². The van der Waals surface area contributed by atoms with Crippen molar-refractivity contribution >= 4 is 55.1 Å². The molecule has 3 aromatic rings. The second-order valence-electron chi connectivity index (χ2n) is 8.82. The Hall–Kier alpha value is -2.88. The number of anilines is 1. The Balaban J connectivity index is 1.59. The summed E-state index contributed by atoms with van der Waals surface area (Å²) >= 11 is 9.78. The first-order valence-corrected chi connectivity index (χ1v) is 14.2. The number of hydrogen-bond acceptors (Lipinski definition) is 5. The van der Waals surface area contributed by atoms with E-state index in [1.807, 2.05) is 24.3 Å². The predicted octanol–water partition coefficient (Wildman–Crippen LogP) is 5.27. The zero-order valence-corrected chi connectivity index (χ0v) is 23.5. The number of piperidine rings is 1. The molecule has 0 saturated carbocycles. The van der Waals surface area contributed by atoms with Crippen LogP contribution in [0.25, 0.3) is 0 Å². The molecule has 0 aliphatic carbocycles. The number of carbonyl (C=O) groups is 2. The lowest BCUT2D eigenvalue weighted by atomic mass is 9.72. The Morgan fingerprint density at radius 2 is 1.62 bits per heavy atom. The average Bonchev–Trinajstić information content (AvgIpc) is 2.92. The normalized spacial score (nSPS) is 15.2. The molecule has 7 nitrogen and oxygen atoms in total. The van der Waals surface area contributed by atoms with Crippen molar-refractivity contribution in [1.82, 2.24) is 4.90 Å². The highest BCUT2D eigenvalue weighted by Gasteiger charge is 2.45. The Kier molecular flexibility index (Phi) is 7.96. The van der Waals surface area contributed by atoms with Gasteiger partial charge in [-0.25, -0.2) is 8.42 Å². The van der Waals surface area contributed by atoms with Crippen LogP contribution in [-0.4, -0.2) is 52.4 Å². The van der Waals surface area contributed by atoms with E-state index in [1.54, 1.807) is 35.2 Å². The molecular weight excluding hydrogens is 580 g/mol. The zero-order chi connectivity index (χ0) is 26.8. The van der Waals surface area contributed by atoms with Crippen LogP contribution in [0.2, 0.25) is 5.02 Å². The zero-order valence-electron chi connectivity index (χ0n) is 20.4. The molecule has 0 unspecified atom stereocenters. The van der Waals surface area contributed by atoms with Crippen molar-refractivity contribution in [1.29, 1.82) is 0 Å². The number of carbonyl (C=O) groups excluding carboxylic acids is 2. The molecule has 1 amide bonds. The number of halogens is 2. The number of sulfonamides is 1. The van der Waals surface area contributed by atoms with Crippen molar-refractivity contribution in [3.63, 3.8) is 0 Å². The highest BCUT2D eigenvalue weighted by Crippen LogP contribution is 2.38. The van der Waals surface area contributed by atoms with Gasteiger partial charge in [-0.3, -0.25) is 13.9 Å². The van der Waals surface area contributed by atoms with E-state index in [9.17, 15) is 18.0 Å². The lowest BCUT2D eigenvalue weighted by Crippen LogP contribution is -2.49. The van der Waals surface area contributed by atoms with Crippen LogP contribution in [0.1, 0.15) is 28.8 Å². The van der Waals surface area contributed by atoms with Gasteiger partial charge in [-0.15, -0.1) is 0 Å². The first-order chi connectivity index (χ1) is 17.6. The van der Waals surface area contributed by atoms with E-state index in [-0.39, 0.29) is 34.5 Å². The molecule has 0 atom stereocenters. The topological polar surface area (TPSA) is 84.0 Å². The molecule has 37 heavy (non-hydrogen) atoms. The van der Waals surface area contributed by atoms with Gasteiger partial charge in [-0.05, 0) is 60.9 Å². The standard InChI is InChI=1S/C27H26BrClN2O5S/c1-30(21-6-4-3-5-7-21)37(34,35)22-12-13-24(29)23(18-22)25(32)31-16-14-27(15-17-31,26(33)36-2)19-8-10-20(28)11-9-19/h3-13,18H,14-17H2,1-2H3. The van der Waals surface area contributed by atoms with Gasteiger partial charge in [0.15, 0.2) is 0 Å². The van der Waals surface area contributed by atoms with Crippen LogP contribution in [0.15, 0.2) is 82.2 Å². The predicted molar refractivity (Wildman–Crippen MR) is 146 cm³/mol. The number of para-hydroxylation sites is 1. The molecule has 1 heterocycles. The number of likely N-dealkylation sites (tertiary alicyclic amines) is 1. The number of hydrogen-bond donors (Lipinski definition) is 0. The van der Waals surface area contributed by atoms with E-state index in [4.69, 9.17) is 16.3 Å². The Morgan fingerprint density at radius 3 is 2.22 bits per heavy atom. The van der Waals surface area contributed by atoms with E-state index in [2.05, 4.69) is 15.9 Å². The van der Waals surface area contributed by atoms with Gasteiger partial charge in [0, 0.05) is 24.6 Å². The molecule has 0 radical (unpaired) electrons. The summed E-state index contributed by atoms with van der Waals surface area (Å²) in [6.45, 7) is 0.558. The first kappa shape index (κ1) is 27.2. The third-order valence-electron chi connectivity index (χ3n) is 6.82. The molecule has 10 heteroatoms. The Morgan fingerprint density at radius 1 is 1.00 bits per heavy atom. The second kappa shape index (κ2) is 10.8. The molecule has 1 aliphatic heterocycles. The lowest BCUT2D eigenvalue weighted by molar-refractivity contribution is -0.149. The van der Waals surface area contributed by atoms with Crippen LogP contribution in [0.5, 0.6) is 0 Å². The lowest BCUT2D eigenvalue weighted by Gasteiger charge is -2.40. The average molecular weight is 606 g/mol. The van der Waals surface area contributed by atoms with E-state index in [0.717, 1.165) is 14.3 Å². The minimum atomic E-state index is -3.93. The van der Waals surface area contributed by atoms with Gasteiger partial charge in [0.2, 0.25) is 0 Å². The van der Waals surface area contributed by atoms with Gasteiger partial charge < -0.3 is 9.64 Å². The maximum atomic E-state index is 13.5. The number of rotatable bonds is 6. The van der Waals surface area contributed by atoms with Crippen LogP contribution in [0.3, 0.4) is 0 Å². The summed E-state index contributed by atoms with van der Waals surface area (Å²) in [6.07, 6.45) is 0.721. The fraction of sp³-hybridized carbons (Fsp3) is 0.259. The molecule has 0 spiro atoms. The summed E-state index contributed by atoms with van der Waals surface area (Å²) in [6, 6.07) is 20.3. The summed E-state index contributed by atoms with van der Waals surface area (Å²) in [7, 11) is -1.11. The van der Waals surface area contributed by atoms with E-state index >= 15 is 0 Å². The van der Waals surface area contributed by atoms with Gasteiger partial charge in [-0.1, -0.05) is 57.9 Å². The minimum Gasteiger partial charge on any atom is -0.468 e. The SMILES string of the molecule is COC(=O)C1(c2ccc(Br)cc2)CCN(C(=O)c2cc(S(=O)(=O)N(C)c3ccccc3)ccc2Cl)CC1. The maximum absolute atomic E-state index is 13.5. The second-order valence-corrected chi connectivity index (χ2v) is 12.1. The maximum Gasteiger partial charge on any atom is 0.316 e. The summed E-state index contributed by atoms with van der Waals surface area (Å²) < 4.78 is 33.7. The highest BCUT2D eigenvalue weighted by molar-refractivity contribution is 9.10. The number of amides is 1. The minimum absolute atomic E-state index is 0.0395. The van der Waals surface area contributed by atoms with Crippen molar-refractivity contribution < 1.29 is 22.7 Å². The first-order valence-electron chi connectivity index (χ1n) is 11.6. The van der Waals surface area contributed by atoms with Crippen molar-refractivity contribution in [3.05, 3.63) is 93.4 Å². The number of nitrogens with zero attached hydrogens (tertiary/aromatic N) is 2. The largest absolute Gasteiger partial charge is 0.468 e. The van der Waals surface area contributed by atoms with Crippen LogP contribution >= 0.6 is 27.5 Å². The number of ether oxygens (including phenoxy) is 1. The van der Waals surface area contributed by atoms with E-state index in [0.29, 0.717) is 18.5 Å². The summed E-state index contributed by atoms with van der Waals surface area (Å²) in [4.78, 5) is 27.9. The molecule has 0 bridgehead atoms. The monoisotopic (exact) mass is 604 g/mol. The summed E-state index contributed by atoms with van der Waals surface area (Å²) in [5, 5.41) is 0.157. The van der Waals surface area contributed by atoms with Crippen LogP contribution in [0.4, 0.5) is 5.69 Å².